The first-order valence-corrected chi connectivity index (χ1v) is 6.64. The molecule has 1 atom stereocenters. The van der Waals surface area contributed by atoms with Gasteiger partial charge < -0.3 is 10.1 Å². The van der Waals surface area contributed by atoms with E-state index in [1.807, 2.05) is 0 Å². The second kappa shape index (κ2) is 7.48. The minimum Gasteiger partial charge on any atom is -0.380 e. The van der Waals surface area contributed by atoms with Gasteiger partial charge in [0.1, 0.15) is 0 Å². The van der Waals surface area contributed by atoms with Crippen LogP contribution in [0.2, 0.25) is 0 Å². The molecule has 0 aliphatic carbocycles. The number of carbonyl (C=O) groups is 2. The molecule has 0 bridgehead atoms. The van der Waals surface area contributed by atoms with Crippen molar-refractivity contribution in [1.82, 2.24) is 10.2 Å². The van der Waals surface area contributed by atoms with Crippen molar-refractivity contribution in [2.75, 3.05) is 26.8 Å². The highest BCUT2D eigenvalue weighted by Gasteiger charge is 2.30. The Labute approximate surface area is 109 Å². The van der Waals surface area contributed by atoms with Gasteiger partial charge in [0, 0.05) is 26.6 Å². The smallest absolute Gasteiger partial charge is 0.246 e. The highest BCUT2D eigenvalue weighted by Crippen LogP contribution is 2.10. The van der Waals surface area contributed by atoms with Crippen LogP contribution in [0.4, 0.5) is 0 Å². The molecular weight excluding hydrogens is 232 g/mol. The summed E-state index contributed by atoms with van der Waals surface area (Å²) in [5, 5.41) is 3.14. The highest BCUT2D eigenvalue weighted by atomic mass is 16.5. The Balaban J connectivity index is 2.12. The normalized spacial score (nSPS) is 20.9. The van der Waals surface area contributed by atoms with Crippen LogP contribution in [0, 0.1) is 5.92 Å². The van der Waals surface area contributed by atoms with Gasteiger partial charge in [0.15, 0.2) is 0 Å². The lowest BCUT2D eigenvalue weighted by Gasteiger charge is -2.28. The fourth-order valence-electron chi connectivity index (χ4n) is 1.83. The van der Waals surface area contributed by atoms with Crippen molar-refractivity contribution in [1.29, 1.82) is 0 Å². The molecule has 1 rings (SSSR count). The molecule has 0 spiro atoms. The molecule has 0 saturated carbocycles. The van der Waals surface area contributed by atoms with Crippen LogP contribution in [0.3, 0.4) is 0 Å². The number of imide groups is 1. The lowest BCUT2D eigenvalue weighted by atomic mass is 10.0. The summed E-state index contributed by atoms with van der Waals surface area (Å²) in [6.45, 7) is 6.34. The zero-order valence-corrected chi connectivity index (χ0v) is 11.6. The molecule has 5 heteroatoms. The minimum absolute atomic E-state index is 0.0915. The predicted molar refractivity (Wildman–Crippen MR) is 69.1 cm³/mol. The third kappa shape index (κ3) is 4.74. The number of hydrogen-bond donors (Lipinski definition) is 1. The van der Waals surface area contributed by atoms with Crippen molar-refractivity contribution in [3.05, 3.63) is 0 Å². The Morgan fingerprint density at radius 1 is 1.39 bits per heavy atom. The molecule has 1 aliphatic heterocycles. The summed E-state index contributed by atoms with van der Waals surface area (Å²) in [6, 6.07) is -0.235. The fraction of sp³-hybridized carbons (Fsp3) is 0.846. The van der Waals surface area contributed by atoms with Gasteiger partial charge in [0.25, 0.3) is 0 Å². The Hall–Kier alpha value is -0.940. The summed E-state index contributed by atoms with van der Waals surface area (Å²) in [6.07, 6.45) is 2.09. The van der Waals surface area contributed by atoms with E-state index < -0.39 is 0 Å². The number of likely N-dealkylation sites (tertiary alicyclic amines) is 1. The monoisotopic (exact) mass is 256 g/mol. The average molecular weight is 256 g/mol. The second-order valence-corrected chi connectivity index (χ2v) is 5.13. The SMILES string of the molecule is CC(C)CCOCCNC1CCC(=O)N(C)C1=O. The molecular formula is C13H24N2O3. The largest absolute Gasteiger partial charge is 0.380 e. The first kappa shape index (κ1) is 15.1. The van der Waals surface area contributed by atoms with Gasteiger partial charge in [0.05, 0.1) is 12.6 Å². The number of piperidine rings is 1. The van der Waals surface area contributed by atoms with Crippen molar-refractivity contribution in [3.8, 4) is 0 Å². The van der Waals surface area contributed by atoms with E-state index in [0.29, 0.717) is 31.9 Å². The maximum atomic E-state index is 11.7. The maximum Gasteiger partial charge on any atom is 0.246 e. The zero-order valence-electron chi connectivity index (χ0n) is 11.6. The second-order valence-electron chi connectivity index (χ2n) is 5.13. The van der Waals surface area contributed by atoms with Crippen LogP contribution in [0.5, 0.6) is 0 Å². The molecule has 1 N–H and O–H groups in total. The molecule has 1 heterocycles. The maximum absolute atomic E-state index is 11.7. The average Bonchev–Trinajstić information content (AvgIpc) is 2.33. The van der Waals surface area contributed by atoms with Crippen LogP contribution in [0.15, 0.2) is 0 Å². The van der Waals surface area contributed by atoms with E-state index >= 15 is 0 Å². The van der Waals surface area contributed by atoms with Gasteiger partial charge in [-0.1, -0.05) is 13.8 Å². The molecule has 1 unspecified atom stereocenters. The van der Waals surface area contributed by atoms with Gasteiger partial charge in [-0.25, -0.2) is 0 Å². The van der Waals surface area contributed by atoms with Crippen LogP contribution in [-0.4, -0.2) is 49.6 Å². The van der Waals surface area contributed by atoms with Crippen LogP contribution in [0.25, 0.3) is 0 Å². The molecule has 1 fully saturated rings. The lowest BCUT2D eigenvalue weighted by Crippen LogP contribution is -2.52. The Morgan fingerprint density at radius 3 is 2.78 bits per heavy atom. The lowest BCUT2D eigenvalue weighted by molar-refractivity contribution is -0.148. The Bertz CT molecular complexity index is 292. The van der Waals surface area contributed by atoms with Crippen LogP contribution < -0.4 is 5.32 Å². The molecule has 104 valence electrons. The van der Waals surface area contributed by atoms with Crippen LogP contribution >= 0.6 is 0 Å². The molecule has 0 aromatic carbocycles. The van der Waals surface area contributed by atoms with Gasteiger partial charge in [-0.15, -0.1) is 0 Å². The van der Waals surface area contributed by atoms with Gasteiger partial charge >= 0.3 is 0 Å². The van der Waals surface area contributed by atoms with Gasteiger partial charge in [-0.3, -0.25) is 14.5 Å². The third-order valence-electron chi connectivity index (χ3n) is 3.13. The van der Waals surface area contributed by atoms with Crippen LogP contribution in [0.1, 0.15) is 33.1 Å². The van der Waals surface area contributed by atoms with Crippen molar-refractivity contribution < 1.29 is 14.3 Å². The van der Waals surface area contributed by atoms with Crippen LogP contribution in [-0.2, 0) is 14.3 Å². The number of nitrogens with zero attached hydrogens (tertiary/aromatic N) is 1. The van der Waals surface area contributed by atoms with Crippen molar-refractivity contribution in [3.63, 3.8) is 0 Å². The van der Waals surface area contributed by atoms with E-state index in [4.69, 9.17) is 4.74 Å². The number of amides is 2. The van der Waals surface area contributed by atoms with Crippen molar-refractivity contribution in [2.45, 2.75) is 39.2 Å². The number of carbonyl (C=O) groups excluding carboxylic acids is 2. The highest BCUT2D eigenvalue weighted by molar-refractivity contribution is 6.00. The summed E-state index contributed by atoms with van der Waals surface area (Å²) in [4.78, 5) is 24.2. The molecule has 0 radical (unpaired) electrons. The molecule has 2 amide bonds. The van der Waals surface area contributed by atoms with E-state index in [-0.39, 0.29) is 17.9 Å². The summed E-state index contributed by atoms with van der Waals surface area (Å²) >= 11 is 0. The summed E-state index contributed by atoms with van der Waals surface area (Å²) in [7, 11) is 1.54. The predicted octanol–water partition coefficient (Wildman–Crippen LogP) is 0.786. The molecule has 1 saturated heterocycles. The topological polar surface area (TPSA) is 58.6 Å². The first-order chi connectivity index (χ1) is 8.52. The molecule has 1 aliphatic rings. The molecule has 5 nitrogen and oxygen atoms in total. The zero-order chi connectivity index (χ0) is 13.5. The van der Waals surface area contributed by atoms with E-state index in [1.165, 1.54) is 11.9 Å². The fourth-order valence-corrected chi connectivity index (χ4v) is 1.83. The summed E-state index contributed by atoms with van der Waals surface area (Å²) in [5.41, 5.74) is 0. The van der Waals surface area contributed by atoms with Gasteiger partial charge in [-0.05, 0) is 18.8 Å². The number of likely N-dealkylation sites (N-methyl/N-ethyl adjacent to an activating group) is 1. The molecule has 0 aromatic heterocycles. The number of nitrogens with one attached hydrogen (secondary N) is 1. The molecule has 18 heavy (non-hydrogen) atoms. The van der Waals surface area contributed by atoms with Crippen molar-refractivity contribution in [2.24, 2.45) is 5.92 Å². The quantitative estimate of drug-likeness (QED) is 0.540. The Morgan fingerprint density at radius 2 is 2.11 bits per heavy atom. The van der Waals surface area contributed by atoms with Crippen molar-refractivity contribution >= 4 is 11.8 Å². The third-order valence-corrected chi connectivity index (χ3v) is 3.13. The van der Waals surface area contributed by atoms with E-state index in [1.54, 1.807) is 0 Å². The standard InChI is InChI=1S/C13H24N2O3/c1-10(2)6-8-18-9-7-14-11-4-5-12(16)15(3)13(11)17/h10-11,14H,4-9H2,1-3H3. The minimum atomic E-state index is -0.235. The number of ether oxygens (including phenoxy) is 1. The van der Waals surface area contributed by atoms with Gasteiger partial charge in [-0.2, -0.15) is 0 Å². The van der Waals surface area contributed by atoms with Gasteiger partial charge in [0.2, 0.25) is 11.8 Å². The molecule has 0 aromatic rings. The number of hydrogen-bond acceptors (Lipinski definition) is 4. The van der Waals surface area contributed by atoms with E-state index in [0.717, 1.165) is 13.0 Å². The summed E-state index contributed by atoms with van der Waals surface area (Å²) < 4.78 is 5.46. The van der Waals surface area contributed by atoms with E-state index in [9.17, 15) is 9.59 Å². The summed E-state index contributed by atoms with van der Waals surface area (Å²) in [5.74, 6) is 0.428. The Kier molecular flexibility index (Phi) is 6.29. The first-order valence-electron chi connectivity index (χ1n) is 6.64. The van der Waals surface area contributed by atoms with E-state index in [2.05, 4.69) is 19.2 Å². The number of rotatable bonds is 7.